The van der Waals surface area contributed by atoms with E-state index in [1.807, 2.05) is 6.92 Å². The van der Waals surface area contributed by atoms with Crippen LogP contribution >= 0.6 is 0 Å². The highest BCUT2D eigenvalue weighted by atomic mass is 19.1. The van der Waals surface area contributed by atoms with E-state index >= 15 is 0 Å². The van der Waals surface area contributed by atoms with E-state index in [1.54, 1.807) is 18.2 Å². The van der Waals surface area contributed by atoms with E-state index in [2.05, 4.69) is 10.6 Å². The van der Waals surface area contributed by atoms with Crippen molar-refractivity contribution in [2.75, 3.05) is 10.6 Å². The molecule has 0 heterocycles. The number of hydrogen-bond donors (Lipinski definition) is 2. The van der Waals surface area contributed by atoms with Gasteiger partial charge in [-0.1, -0.05) is 18.2 Å². The van der Waals surface area contributed by atoms with Crippen molar-refractivity contribution in [1.29, 1.82) is 0 Å². The zero-order chi connectivity index (χ0) is 14.3. The molecule has 0 aliphatic heterocycles. The average molecular weight is 262 g/mol. The first-order valence-corrected chi connectivity index (χ1v) is 5.70. The number of amides is 2. The minimum Gasteiger partial charge on any atom is -0.326 e. The molecule has 0 bridgehead atoms. The molecule has 0 aromatic heterocycles. The Balaban J connectivity index is 2.82. The van der Waals surface area contributed by atoms with Gasteiger partial charge in [-0.25, -0.2) is 4.39 Å². The van der Waals surface area contributed by atoms with E-state index in [9.17, 15) is 14.0 Å². The molecule has 1 rings (SSSR count). The largest absolute Gasteiger partial charge is 0.326 e. The third-order valence-corrected chi connectivity index (χ3v) is 2.10. The molecule has 0 saturated heterocycles. The van der Waals surface area contributed by atoms with Crippen LogP contribution in [0.4, 0.5) is 15.8 Å². The maximum Gasteiger partial charge on any atom is 0.248 e. The van der Waals surface area contributed by atoms with Gasteiger partial charge in [-0.15, -0.1) is 0 Å². The van der Waals surface area contributed by atoms with E-state index in [-0.39, 0.29) is 11.6 Å². The quantitative estimate of drug-likeness (QED) is 0.647. The predicted molar refractivity (Wildman–Crippen MR) is 73.3 cm³/mol. The minimum atomic E-state index is -0.568. The summed E-state index contributed by atoms with van der Waals surface area (Å²) < 4.78 is 13.5. The topological polar surface area (TPSA) is 58.2 Å². The van der Waals surface area contributed by atoms with Gasteiger partial charge in [0.2, 0.25) is 11.8 Å². The van der Waals surface area contributed by atoms with Crippen LogP contribution in [0, 0.1) is 5.82 Å². The second-order valence-corrected chi connectivity index (χ2v) is 3.75. The number of carbonyl (C=O) groups is 2. The number of halogens is 1. The fourth-order valence-electron chi connectivity index (χ4n) is 1.33. The van der Waals surface area contributed by atoms with Crippen molar-refractivity contribution < 1.29 is 14.0 Å². The zero-order valence-corrected chi connectivity index (χ0v) is 10.7. The van der Waals surface area contributed by atoms with Crippen molar-refractivity contribution in [1.82, 2.24) is 0 Å². The van der Waals surface area contributed by atoms with Gasteiger partial charge in [0.1, 0.15) is 5.82 Å². The van der Waals surface area contributed by atoms with Gasteiger partial charge in [-0.2, -0.15) is 0 Å². The average Bonchev–Trinajstić information content (AvgIpc) is 2.33. The van der Waals surface area contributed by atoms with Gasteiger partial charge in [0.25, 0.3) is 0 Å². The minimum absolute atomic E-state index is 0.0152. The molecule has 100 valence electrons. The smallest absolute Gasteiger partial charge is 0.248 e. The monoisotopic (exact) mass is 262 g/mol. The lowest BCUT2D eigenvalue weighted by molar-refractivity contribution is -0.114. The summed E-state index contributed by atoms with van der Waals surface area (Å²) in [6.07, 6.45) is 6.28. The van der Waals surface area contributed by atoms with E-state index in [0.29, 0.717) is 5.69 Å². The highest BCUT2D eigenvalue weighted by molar-refractivity contribution is 6.00. The summed E-state index contributed by atoms with van der Waals surface area (Å²) >= 11 is 0. The summed E-state index contributed by atoms with van der Waals surface area (Å²) in [6.45, 7) is 3.17. The summed E-state index contributed by atoms with van der Waals surface area (Å²) in [5, 5.41) is 4.91. The van der Waals surface area contributed by atoms with Crippen LogP contribution < -0.4 is 10.6 Å². The lowest BCUT2D eigenvalue weighted by atomic mass is 10.2. The summed E-state index contributed by atoms with van der Waals surface area (Å²) in [6, 6.07) is 3.96. The molecule has 0 unspecified atom stereocenters. The normalized spacial score (nSPS) is 10.9. The Bertz CT molecular complexity index is 536. The summed E-state index contributed by atoms with van der Waals surface area (Å²) in [4.78, 5) is 22.4. The molecular weight excluding hydrogens is 247 g/mol. The molecule has 0 aliphatic carbocycles. The van der Waals surface area contributed by atoms with Crippen molar-refractivity contribution in [3.8, 4) is 0 Å². The van der Waals surface area contributed by atoms with Gasteiger partial charge in [0.15, 0.2) is 0 Å². The second kappa shape index (κ2) is 7.10. The Hall–Kier alpha value is -2.43. The number of rotatable bonds is 4. The van der Waals surface area contributed by atoms with Crippen LogP contribution in [0.5, 0.6) is 0 Å². The first-order chi connectivity index (χ1) is 9.02. The Labute approximate surface area is 111 Å². The van der Waals surface area contributed by atoms with Crippen LogP contribution in [-0.2, 0) is 9.59 Å². The van der Waals surface area contributed by atoms with Gasteiger partial charge < -0.3 is 10.6 Å². The van der Waals surface area contributed by atoms with Crippen LogP contribution in [0.1, 0.15) is 13.8 Å². The van der Waals surface area contributed by atoms with Crippen molar-refractivity contribution in [2.24, 2.45) is 0 Å². The van der Waals surface area contributed by atoms with Gasteiger partial charge in [-0.3, -0.25) is 9.59 Å². The summed E-state index contributed by atoms with van der Waals surface area (Å²) in [5.41, 5.74) is 0.433. The molecule has 2 amide bonds. The maximum absolute atomic E-state index is 13.5. The van der Waals surface area contributed by atoms with Crippen molar-refractivity contribution in [2.45, 2.75) is 13.8 Å². The zero-order valence-electron chi connectivity index (χ0n) is 10.7. The fourth-order valence-corrected chi connectivity index (χ4v) is 1.33. The molecular formula is C14H15FN2O2. The Morgan fingerprint density at radius 2 is 1.95 bits per heavy atom. The Morgan fingerprint density at radius 3 is 2.58 bits per heavy atom. The Kier molecular flexibility index (Phi) is 5.47. The van der Waals surface area contributed by atoms with Crippen LogP contribution in [0.3, 0.4) is 0 Å². The first kappa shape index (κ1) is 14.6. The molecule has 4 nitrogen and oxygen atoms in total. The van der Waals surface area contributed by atoms with Gasteiger partial charge in [0, 0.05) is 18.7 Å². The number of anilines is 2. The predicted octanol–water partition coefficient (Wildman–Crippen LogP) is 2.85. The van der Waals surface area contributed by atoms with Crippen LogP contribution in [-0.4, -0.2) is 11.8 Å². The highest BCUT2D eigenvalue weighted by Gasteiger charge is 2.06. The van der Waals surface area contributed by atoms with Gasteiger partial charge in [-0.05, 0) is 25.1 Å². The van der Waals surface area contributed by atoms with Crippen LogP contribution in [0.2, 0.25) is 0 Å². The van der Waals surface area contributed by atoms with Crippen molar-refractivity contribution in [3.05, 3.63) is 48.3 Å². The Morgan fingerprint density at radius 1 is 1.21 bits per heavy atom. The molecule has 0 saturated carbocycles. The standard InChI is InChI=1S/C14H15FN2O2/c1-3-4-5-6-14(19)17-13-9-11(16-10(2)18)7-8-12(13)15/h3-9H,1-2H3,(H,16,18)(H,17,19)/b4-3+,6-5+. The number of carbonyl (C=O) groups excluding carboxylic acids is 2. The molecule has 1 aromatic carbocycles. The third-order valence-electron chi connectivity index (χ3n) is 2.10. The molecule has 19 heavy (non-hydrogen) atoms. The van der Waals surface area contributed by atoms with E-state index in [1.165, 1.54) is 31.2 Å². The van der Waals surface area contributed by atoms with E-state index < -0.39 is 11.7 Å². The molecule has 0 fully saturated rings. The summed E-state index contributed by atoms with van der Waals surface area (Å²) in [7, 11) is 0. The third kappa shape index (κ3) is 5.16. The first-order valence-electron chi connectivity index (χ1n) is 5.70. The lowest BCUT2D eigenvalue weighted by Crippen LogP contribution is -2.11. The van der Waals surface area contributed by atoms with Crippen molar-refractivity contribution >= 4 is 23.2 Å². The van der Waals surface area contributed by atoms with Crippen molar-refractivity contribution in [3.63, 3.8) is 0 Å². The van der Waals surface area contributed by atoms with E-state index in [0.717, 1.165) is 0 Å². The van der Waals surface area contributed by atoms with Gasteiger partial charge >= 0.3 is 0 Å². The molecule has 0 spiro atoms. The fraction of sp³-hybridized carbons (Fsp3) is 0.143. The summed E-state index contributed by atoms with van der Waals surface area (Å²) in [5.74, 6) is -1.28. The van der Waals surface area contributed by atoms with E-state index in [4.69, 9.17) is 0 Å². The second-order valence-electron chi connectivity index (χ2n) is 3.75. The number of nitrogens with one attached hydrogen (secondary N) is 2. The molecule has 0 radical (unpaired) electrons. The molecule has 2 N–H and O–H groups in total. The number of allylic oxidation sites excluding steroid dienone is 3. The number of benzene rings is 1. The molecule has 0 aliphatic rings. The molecule has 5 heteroatoms. The maximum atomic E-state index is 13.5. The number of hydrogen-bond acceptors (Lipinski definition) is 2. The van der Waals surface area contributed by atoms with Gasteiger partial charge in [0.05, 0.1) is 5.69 Å². The van der Waals surface area contributed by atoms with Crippen LogP contribution in [0.15, 0.2) is 42.5 Å². The highest BCUT2D eigenvalue weighted by Crippen LogP contribution is 2.19. The molecule has 0 atom stereocenters. The van der Waals surface area contributed by atoms with Crippen LogP contribution in [0.25, 0.3) is 0 Å². The molecule has 1 aromatic rings. The lowest BCUT2D eigenvalue weighted by Gasteiger charge is -2.07. The SMILES string of the molecule is C/C=C/C=C/C(=O)Nc1cc(NC(C)=O)ccc1F.